The molecule has 1 fully saturated rings. The van der Waals surface area contributed by atoms with Gasteiger partial charge in [-0.15, -0.1) is 0 Å². The van der Waals surface area contributed by atoms with Gasteiger partial charge in [-0.1, -0.05) is 171 Å². The van der Waals surface area contributed by atoms with Crippen molar-refractivity contribution >= 4 is 0 Å². The van der Waals surface area contributed by atoms with Gasteiger partial charge >= 0.3 is 0 Å². The number of fused-ring (bicyclic) bond motifs is 5. The molecule has 0 atom stereocenters. The number of aromatic nitrogens is 2. The van der Waals surface area contributed by atoms with Crippen molar-refractivity contribution < 1.29 is 0 Å². The Labute approximate surface area is 328 Å². The highest BCUT2D eigenvalue weighted by Crippen LogP contribution is 2.56. The van der Waals surface area contributed by atoms with Gasteiger partial charge in [0.15, 0.2) is 5.82 Å². The van der Waals surface area contributed by atoms with Gasteiger partial charge in [0.1, 0.15) is 0 Å². The van der Waals surface area contributed by atoms with Gasteiger partial charge in [0.05, 0.1) is 23.0 Å². The van der Waals surface area contributed by atoms with Crippen LogP contribution in [0, 0.1) is 11.3 Å². The zero-order valence-electron chi connectivity index (χ0n) is 31.1. The molecule has 10 rings (SSSR count). The van der Waals surface area contributed by atoms with Crippen molar-refractivity contribution in [1.82, 2.24) is 9.97 Å². The quantitative estimate of drug-likeness (QED) is 0.172. The molecule has 8 aromatic rings. The topological polar surface area (TPSA) is 49.6 Å². The van der Waals surface area contributed by atoms with E-state index in [2.05, 4.69) is 152 Å². The molecule has 0 aliphatic heterocycles. The third-order valence-corrected chi connectivity index (χ3v) is 12.0. The number of nitrogens with zero attached hydrogens (tertiary/aromatic N) is 3. The summed E-state index contributed by atoms with van der Waals surface area (Å²) in [6.07, 6.45) is 6.02. The minimum absolute atomic E-state index is 0.00671. The average molecular weight is 718 g/mol. The molecule has 2 aliphatic carbocycles. The summed E-state index contributed by atoms with van der Waals surface area (Å²) in [5.74, 6) is 0.710. The van der Waals surface area contributed by atoms with Crippen LogP contribution in [0.25, 0.3) is 78.4 Å². The molecule has 1 aromatic heterocycles. The lowest BCUT2D eigenvalue weighted by atomic mass is 9.67. The van der Waals surface area contributed by atoms with Gasteiger partial charge in [0, 0.05) is 22.1 Å². The van der Waals surface area contributed by atoms with E-state index in [1.165, 1.54) is 69.3 Å². The minimum Gasteiger partial charge on any atom is -0.228 e. The van der Waals surface area contributed by atoms with Crippen molar-refractivity contribution in [2.24, 2.45) is 0 Å². The molecule has 3 heteroatoms. The third kappa shape index (κ3) is 6.01. The van der Waals surface area contributed by atoms with Crippen molar-refractivity contribution in [3.05, 3.63) is 193 Å². The van der Waals surface area contributed by atoms with E-state index in [9.17, 15) is 5.26 Å². The molecule has 1 saturated carbocycles. The van der Waals surface area contributed by atoms with E-state index in [0.29, 0.717) is 5.82 Å². The molecule has 0 N–H and O–H groups in total. The van der Waals surface area contributed by atoms with Gasteiger partial charge in [-0.3, -0.25) is 0 Å². The zero-order valence-corrected chi connectivity index (χ0v) is 31.1. The lowest BCUT2D eigenvalue weighted by molar-refractivity contribution is 0.353. The highest BCUT2D eigenvalue weighted by Gasteiger charge is 2.44. The van der Waals surface area contributed by atoms with Crippen LogP contribution in [0.1, 0.15) is 48.8 Å². The average Bonchev–Trinajstić information content (AvgIpc) is 3.54. The first-order valence-corrected chi connectivity index (χ1v) is 19.7. The Hall–Kier alpha value is -6.89. The third-order valence-electron chi connectivity index (χ3n) is 12.0. The second-order valence-corrected chi connectivity index (χ2v) is 15.2. The maximum Gasteiger partial charge on any atom is 0.160 e. The Morgan fingerprint density at radius 3 is 1.36 bits per heavy atom. The molecular formula is C53H39N3. The monoisotopic (exact) mass is 717 g/mol. The summed E-state index contributed by atoms with van der Waals surface area (Å²) in [4.78, 5) is 10.1. The Morgan fingerprint density at radius 1 is 0.393 bits per heavy atom. The first-order chi connectivity index (χ1) is 27.6. The van der Waals surface area contributed by atoms with E-state index in [1.54, 1.807) is 0 Å². The van der Waals surface area contributed by atoms with E-state index in [1.807, 2.05) is 30.3 Å². The minimum atomic E-state index is 0.00671. The standard InChI is InChI=1S/C53H39N3/c54-35-36-14-28-46-47-29-27-45(33-49(47)53(48(46)32-36)30-8-3-9-31-53)41-17-15-39(16-18-41)40-21-25-43(26-22-40)51-34-50(55-52(56-51)44-12-6-2-7-13-44)42-23-19-38(20-24-42)37-10-4-1-5-11-37/h1-2,4-7,10-29,32-34H,3,8-9,30-31H2. The Bertz CT molecular complexity index is 2740. The summed E-state index contributed by atoms with van der Waals surface area (Å²) in [7, 11) is 0. The van der Waals surface area contributed by atoms with Crippen LogP contribution in [-0.2, 0) is 5.41 Å². The number of rotatable bonds is 6. The molecule has 7 aromatic carbocycles. The predicted octanol–water partition coefficient (Wildman–Crippen LogP) is 13.6. The maximum absolute atomic E-state index is 9.71. The number of hydrogen-bond donors (Lipinski definition) is 0. The van der Waals surface area contributed by atoms with Gasteiger partial charge in [-0.25, -0.2) is 9.97 Å². The van der Waals surface area contributed by atoms with Crippen LogP contribution in [0.15, 0.2) is 176 Å². The van der Waals surface area contributed by atoms with E-state index >= 15 is 0 Å². The number of benzene rings is 7. The molecule has 1 heterocycles. The smallest absolute Gasteiger partial charge is 0.160 e. The van der Waals surface area contributed by atoms with Crippen LogP contribution in [0.3, 0.4) is 0 Å². The highest BCUT2D eigenvalue weighted by atomic mass is 14.9. The molecular weight excluding hydrogens is 679 g/mol. The van der Waals surface area contributed by atoms with Crippen molar-refractivity contribution in [3.8, 4) is 84.5 Å². The molecule has 0 amide bonds. The Morgan fingerprint density at radius 2 is 0.821 bits per heavy atom. The van der Waals surface area contributed by atoms with Gasteiger partial charge in [0.25, 0.3) is 0 Å². The predicted molar refractivity (Wildman–Crippen MR) is 229 cm³/mol. The van der Waals surface area contributed by atoms with Crippen LogP contribution in [0.2, 0.25) is 0 Å². The summed E-state index contributed by atoms with van der Waals surface area (Å²) in [6.45, 7) is 0. The summed E-state index contributed by atoms with van der Waals surface area (Å²) < 4.78 is 0. The summed E-state index contributed by atoms with van der Waals surface area (Å²) in [5, 5.41) is 9.71. The van der Waals surface area contributed by atoms with Crippen molar-refractivity contribution in [2.45, 2.75) is 37.5 Å². The molecule has 0 radical (unpaired) electrons. The molecule has 56 heavy (non-hydrogen) atoms. The van der Waals surface area contributed by atoms with Crippen molar-refractivity contribution in [3.63, 3.8) is 0 Å². The molecule has 0 unspecified atom stereocenters. The number of hydrogen-bond acceptors (Lipinski definition) is 3. The van der Waals surface area contributed by atoms with Gasteiger partial charge in [-0.05, 0) is 92.7 Å². The fraction of sp³-hybridized carbons (Fsp3) is 0.113. The van der Waals surface area contributed by atoms with E-state index in [4.69, 9.17) is 9.97 Å². The van der Waals surface area contributed by atoms with Crippen LogP contribution < -0.4 is 0 Å². The van der Waals surface area contributed by atoms with Crippen LogP contribution in [0.5, 0.6) is 0 Å². The van der Waals surface area contributed by atoms with Crippen LogP contribution in [-0.4, -0.2) is 9.97 Å². The lowest BCUT2D eigenvalue weighted by Crippen LogP contribution is -2.28. The van der Waals surface area contributed by atoms with Gasteiger partial charge in [0.2, 0.25) is 0 Å². The molecule has 266 valence electrons. The van der Waals surface area contributed by atoms with E-state index in [-0.39, 0.29) is 5.41 Å². The number of nitriles is 1. The lowest BCUT2D eigenvalue weighted by Gasteiger charge is -2.36. The molecule has 0 saturated heterocycles. The second-order valence-electron chi connectivity index (χ2n) is 15.2. The maximum atomic E-state index is 9.71. The summed E-state index contributed by atoms with van der Waals surface area (Å²) in [5.41, 5.74) is 18.2. The van der Waals surface area contributed by atoms with Gasteiger partial charge < -0.3 is 0 Å². The van der Waals surface area contributed by atoms with Crippen LogP contribution >= 0.6 is 0 Å². The van der Waals surface area contributed by atoms with Gasteiger partial charge in [-0.2, -0.15) is 5.26 Å². The molecule has 3 nitrogen and oxygen atoms in total. The largest absolute Gasteiger partial charge is 0.228 e. The van der Waals surface area contributed by atoms with Crippen LogP contribution in [0.4, 0.5) is 0 Å². The second kappa shape index (κ2) is 14.1. The summed E-state index contributed by atoms with van der Waals surface area (Å²) >= 11 is 0. The Balaban J connectivity index is 0.941. The molecule has 1 spiro atoms. The first-order valence-electron chi connectivity index (χ1n) is 19.7. The van der Waals surface area contributed by atoms with E-state index < -0.39 is 0 Å². The highest BCUT2D eigenvalue weighted by molar-refractivity contribution is 5.85. The fourth-order valence-corrected chi connectivity index (χ4v) is 9.05. The van der Waals surface area contributed by atoms with E-state index in [0.717, 1.165) is 52.0 Å². The summed E-state index contributed by atoms with van der Waals surface area (Å²) in [6, 6.07) is 64.8. The Kier molecular flexibility index (Phi) is 8.46. The normalized spacial score (nSPS) is 13.8. The fourth-order valence-electron chi connectivity index (χ4n) is 9.05. The molecule has 0 bridgehead atoms. The first kappa shape index (κ1) is 33.7. The van der Waals surface area contributed by atoms with Crippen molar-refractivity contribution in [1.29, 1.82) is 5.26 Å². The molecule has 2 aliphatic rings. The van der Waals surface area contributed by atoms with Crippen molar-refractivity contribution in [2.75, 3.05) is 0 Å². The SMILES string of the molecule is N#Cc1ccc2c(c1)C1(CCCCC1)c1cc(-c3ccc(-c4ccc(-c5cc(-c6ccc(-c7ccccc7)cc6)nc(-c6ccccc6)n5)cc4)cc3)ccc1-2. The zero-order chi connectivity index (χ0) is 37.5.